The summed E-state index contributed by atoms with van der Waals surface area (Å²) in [5, 5.41) is 8.05. The summed E-state index contributed by atoms with van der Waals surface area (Å²) in [5.41, 5.74) is 0. The second-order valence-electron chi connectivity index (χ2n) is 3.46. The Hall–Kier alpha value is 0.210. The molecule has 0 heterocycles. The smallest absolute Gasteiger partial charge is 0.212 e. The molecule has 0 aromatic carbocycles. The maximum atomic E-state index is 9.44. The van der Waals surface area contributed by atoms with Crippen molar-refractivity contribution in [1.82, 2.24) is 0 Å². The van der Waals surface area contributed by atoms with Crippen LogP contribution in [0.3, 0.4) is 0 Å². The Morgan fingerprint density at radius 1 is 1.13 bits per heavy atom. The second-order valence-corrected chi connectivity index (χ2v) is 5.12. The van der Waals surface area contributed by atoms with Gasteiger partial charge in [0.25, 0.3) is 0 Å². The fourth-order valence-corrected chi connectivity index (χ4v) is 0.500. The Kier molecular flexibility index (Phi) is 19.5. The molecule has 0 rings (SSSR count). The molecule has 0 spiro atoms. The summed E-state index contributed by atoms with van der Waals surface area (Å²) in [6, 6.07) is 0. The van der Waals surface area contributed by atoms with Crippen LogP contribution in [-0.2, 0) is 4.79 Å². The molecule has 4 heteroatoms. The molecular formula is C11H24Cl2O2. The number of unbranched alkanes of at least 4 members (excludes halogenated alkanes) is 3. The number of carbonyl (C=O) groups is 1. The van der Waals surface area contributed by atoms with Gasteiger partial charge in [0.1, 0.15) is 5.78 Å². The minimum atomic E-state index is -1.56. The zero-order valence-electron chi connectivity index (χ0n) is 10.4. The van der Waals surface area contributed by atoms with Crippen LogP contribution in [0.1, 0.15) is 60.3 Å². The number of hydrogen-bond donors (Lipinski definition) is 1. The maximum Gasteiger partial charge on any atom is 0.212 e. The van der Waals surface area contributed by atoms with Crippen LogP contribution in [-0.4, -0.2) is 15.4 Å². The first-order valence-corrected chi connectivity index (χ1v) is 5.98. The molecule has 0 radical (unpaired) electrons. The van der Waals surface area contributed by atoms with Gasteiger partial charge in [-0.15, -0.1) is 0 Å². The van der Waals surface area contributed by atoms with E-state index >= 15 is 0 Å². The van der Waals surface area contributed by atoms with Crippen LogP contribution < -0.4 is 0 Å². The van der Waals surface area contributed by atoms with E-state index < -0.39 is 4.52 Å². The number of carbonyl (C=O) groups excluding carboxylic acids is 1. The van der Waals surface area contributed by atoms with Crippen LogP contribution in [0.2, 0.25) is 0 Å². The number of ketones is 1. The molecule has 2 nitrogen and oxygen atoms in total. The number of Topliss-reactive ketones (excluding diaryl/α,β-unsaturated/α-hetero) is 1. The number of halogens is 2. The van der Waals surface area contributed by atoms with Crippen molar-refractivity contribution >= 4 is 29.0 Å². The van der Waals surface area contributed by atoms with Gasteiger partial charge >= 0.3 is 0 Å². The van der Waals surface area contributed by atoms with E-state index in [0.29, 0.717) is 0 Å². The first-order valence-electron chi connectivity index (χ1n) is 5.22. The fraction of sp³-hybridized carbons (Fsp3) is 0.909. The molecule has 0 atom stereocenters. The zero-order valence-corrected chi connectivity index (χ0v) is 12.0. The summed E-state index contributed by atoms with van der Waals surface area (Å²) in [6.45, 7) is 8.79. The van der Waals surface area contributed by atoms with Crippen LogP contribution in [0.4, 0.5) is 0 Å². The van der Waals surface area contributed by atoms with Gasteiger partial charge in [0.15, 0.2) is 0 Å². The molecule has 0 aliphatic carbocycles. The summed E-state index contributed by atoms with van der Waals surface area (Å²) in [7, 11) is 0. The van der Waals surface area contributed by atoms with Gasteiger partial charge in [0.05, 0.1) is 0 Å². The third-order valence-electron chi connectivity index (χ3n) is 0.957. The molecule has 0 aromatic rings. The highest BCUT2D eigenvalue weighted by Crippen LogP contribution is 2.12. The summed E-state index contributed by atoms with van der Waals surface area (Å²) in [5.74, 6) is 0.167. The van der Waals surface area contributed by atoms with Crippen molar-refractivity contribution in [3.05, 3.63) is 0 Å². The third-order valence-corrected chi connectivity index (χ3v) is 0.957. The van der Waals surface area contributed by atoms with Gasteiger partial charge in [0, 0.05) is 0 Å². The molecule has 0 saturated carbocycles. The Balaban J connectivity index is -0.000000147. The molecule has 0 aliphatic rings. The van der Waals surface area contributed by atoms with Crippen LogP contribution in [0, 0.1) is 0 Å². The predicted octanol–water partition coefficient (Wildman–Crippen LogP) is 4.31. The van der Waals surface area contributed by atoms with Crippen molar-refractivity contribution in [3.8, 4) is 0 Å². The zero-order chi connectivity index (χ0) is 12.9. The number of hydrogen-bond acceptors (Lipinski definition) is 2. The fourth-order valence-electron chi connectivity index (χ4n) is 0.500. The topological polar surface area (TPSA) is 37.3 Å². The van der Waals surface area contributed by atoms with E-state index in [-0.39, 0.29) is 5.78 Å². The van der Waals surface area contributed by atoms with E-state index in [2.05, 4.69) is 13.8 Å². The minimum Gasteiger partial charge on any atom is -0.363 e. The minimum absolute atomic E-state index is 0.167. The lowest BCUT2D eigenvalue weighted by Gasteiger charge is -1.97. The van der Waals surface area contributed by atoms with Crippen LogP contribution in [0.15, 0.2) is 0 Å². The highest BCUT2D eigenvalue weighted by Gasteiger charge is 2.05. The highest BCUT2D eigenvalue weighted by atomic mass is 35.5. The van der Waals surface area contributed by atoms with Crippen molar-refractivity contribution in [2.75, 3.05) is 0 Å². The van der Waals surface area contributed by atoms with Gasteiger partial charge in [-0.05, 0) is 20.8 Å². The van der Waals surface area contributed by atoms with E-state index in [1.165, 1.54) is 46.5 Å². The lowest BCUT2D eigenvalue weighted by molar-refractivity contribution is -0.114. The van der Waals surface area contributed by atoms with Crippen LogP contribution >= 0.6 is 23.2 Å². The monoisotopic (exact) mass is 258 g/mol. The number of alkyl halides is 2. The Bertz CT molecular complexity index is 117. The molecule has 0 fully saturated rings. The summed E-state index contributed by atoms with van der Waals surface area (Å²) < 4.78 is -1.56. The van der Waals surface area contributed by atoms with E-state index in [9.17, 15) is 4.79 Å². The van der Waals surface area contributed by atoms with Crippen LogP contribution in [0.25, 0.3) is 0 Å². The van der Waals surface area contributed by atoms with E-state index in [1.54, 1.807) is 0 Å². The van der Waals surface area contributed by atoms with E-state index in [0.717, 1.165) is 0 Å². The average Bonchev–Trinajstić information content (AvgIpc) is 1.96. The predicted molar refractivity (Wildman–Crippen MR) is 68.5 cm³/mol. The van der Waals surface area contributed by atoms with Gasteiger partial charge in [-0.25, -0.2) is 0 Å². The summed E-state index contributed by atoms with van der Waals surface area (Å²) in [4.78, 5) is 9.44. The molecule has 94 valence electrons. The Morgan fingerprint density at radius 3 is 1.33 bits per heavy atom. The molecule has 0 aromatic heterocycles. The first-order chi connectivity index (χ1) is 6.65. The molecule has 0 amide bonds. The Morgan fingerprint density at radius 2 is 1.27 bits per heavy atom. The van der Waals surface area contributed by atoms with E-state index in [4.69, 9.17) is 28.3 Å². The lowest BCUT2D eigenvalue weighted by atomic mass is 10.2. The average molecular weight is 259 g/mol. The molecule has 0 aliphatic heterocycles. The first kappa shape index (κ1) is 20.6. The molecule has 0 saturated heterocycles. The molecular weight excluding hydrogens is 235 g/mol. The normalized spacial score (nSPS) is 9.33. The number of aliphatic hydroxyl groups is 1. The van der Waals surface area contributed by atoms with Crippen molar-refractivity contribution in [1.29, 1.82) is 0 Å². The van der Waals surface area contributed by atoms with Gasteiger partial charge in [-0.2, -0.15) is 0 Å². The van der Waals surface area contributed by atoms with Crippen molar-refractivity contribution < 1.29 is 9.90 Å². The quantitative estimate of drug-likeness (QED) is 0.605. The van der Waals surface area contributed by atoms with Gasteiger partial charge in [-0.1, -0.05) is 62.7 Å². The second kappa shape index (κ2) is 14.2. The Labute approximate surface area is 104 Å². The maximum absolute atomic E-state index is 9.44. The molecule has 0 bridgehead atoms. The third kappa shape index (κ3) is 206. The molecule has 0 unspecified atom stereocenters. The largest absolute Gasteiger partial charge is 0.363 e. The molecule has 1 N–H and O–H groups in total. The van der Waals surface area contributed by atoms with Crippen LogP contribution in [0.5, 0.6) is 0 Å². The summed E-state index contributed by atoms with van der Waals surface area (Å²) in [6.07, 6.45) is 5.54. The van der Waals surface area contributed by atoms with Gasteiger partial charge in [0.2, 0.25) is 4.52 Å². The lowest BCUT2D eigenvalue weighted by Crippen LogP contribution is -2.00. The highest BCUT2D eigenvalue weighted by molar-refractivity contribution is 6.46. The van der Waals surface area contributed by atoms with Crippen molar-refractivity contribution in [2.24, 2.45) is 0 Å². The number of rotatable bonds is 3. The van der Waals surface area contributed by atoms with Gasteiger partial charge < -0.3 is 9.90 Å². The molecule has 15 heavy (non-hydrogen) atoms. The van der Waals surface area contributed by atoms with Gasteiger partial charge in [-0.3, -0.25) is 0 Å². The summed E-state index contributed by atoms with van der Waals surface area (Å²) >= 11 is 9.70. The van der Waals surface area contributed by atoms with Crippen molar-refractivity contribution in [3.63, 3.8) is 0 Å². The van der Waals surface area contributed by atoms with E-state index in [1.807, 2.05) is 0 Å². The SMILES string of the molecule is CC(C)=O.CC(O)(Cl)Cl.CCCCCC. The standard InChI is InChI=1S/C6H14.C3H6O.C2H4Cl2O/c1-3-5-6-4-2;1-3(2)4;1-2(3,4)5/h3-6H2,1-2H3;1-2H3;5H,1H3. The van der Waals surface area contributed by atoms with Crippen molar-refractivity contribution in [2.45, 2.75) is 64.8 Å².